The van der Waals surface area contributed by atoms with Crippen LogP contribution in [-0.4, -0.2) is 41.4 Å². The Morgan fingerprint density at radius 3 is 3.27 bits per heavy atom. The van der Waals surface area contributed by atoms with Crippen molar-refractivity contribution in [3.8, 4) is 0 Å². The number of amides is 1. The van der Waals surface area contributed by atoms with E-state index in [-0.39, 0.29) is 12.1 Å². The lowest BCUT2D eigenvalue weighted by atomic mass is 10.1. The molecule has 1 fully saturated rings. The van der Waals surface area contributed by atoms with Crippen molar-refractivity contribution >= 4 is 6.09 Å². The van der Waals surface area contributed by atoms with Crippen LogP contribution in [0.25, 0.3) is 0 Å². The molecule has 0 unspecified atom stereocenters. The maximum Gasteiger partial charge on any atom is 0.410 e. The Hall–Kier alpha value is -1.03. The number of nitrogens with zero attached hydrogens (tertiary/aromatic N) is 1. The van der Waals surface area contributed by atoms with Crippen molar-refractivity contribution in [2.45, 2.75) is 12.1 Å². The van der Waals surface area contributed by atoms with Gasteiger partial charge in [0.2, 0.25) is 0 Å². The highest BCUT2D eigenvalue weighted by molar-refractivity contribution is 5.70. The fourth-order valence-corrected chi connectivity index (χ4v) is 1.40. The third kappa shape index (κ3) is 0.903. The predicted molar refractivity (Wildman–Crippen MR) is 37.0 cm³/mol. The van der Waals surface area contributed by atoms with Crippen LogP contribution in [0.1, 0.15) is 0 Å². The SMILES string of the molecule is O=C1OC[C@H]2[C@@H](O)C=CCN12. The van der Waals surface area contributed by atoms with Gasteiger partial charge in [-0.05, 0) is 0 Å². The van der Waals surface area contributed by atoms with Crippen LogP contribution in [0.4, 0.5) is 4.79 Å². The number of aliphatic hydroxyl groups excluding tert-OH is 1. The van der Waals surface area contributed by atoms with Crippen LogP contribution in [0, 0.1) is 0 Å². The van der Waals surface area contributed by atoms with Gasteiger partial charge in [-0.3, -0.25) is 4.90 Å². The minimum absolute atomic E-state index is 0.160. The number of aliphatic hydroxyl groups is 1. The summed E-state index contributed by atoms with van der Waals surface area (Å²) in [6.07, 6.45) is 2.59. The van der Waals surface area contributed by atoms with Crippen molar-refractivity contribution in [2.24, 2.45) is 0 Å². The average Bonchev–Trinajstić information content (AvgIpc) is 2.35. The molecule has 0 aromatic carbocycles. The van der Waals surface area contributed by atoms with Crippen LogP contribution in [0.15, 0.2) is 12.2 Å². The predicted octanol–water partition coefficient (Wildman–Crippen LogP) is -0.262. The molecule has 4 nitrogen and oxygen atoms in total. The number of cyclic esters (lactones) is 1. The maximum atomic E-state index is 10.9. The Kier molecular flexibility index (Phi) is 1.35. The lowest BCUT2D eigenvalue weighted by molar-refractivity contribution is 0.118. The van der Waals surface area contributed by atoms with E-state index in [1.165, 1.54) is 4.90 Å². The second kappa shape index (κ2) is 2.23. The summed E-state index contributed by atoms with van der Waals surface area (Å²) in [5.41, 5.74) is 0. The summed E-state index contributed by atoms with van der Waals surface area (Å²) in [5, 5.41) is 9.34. The van der Waals surface area contributed by atoms with E-state index in [1.807, 2.05) is 0 Å². The highest BCUT2D eigenvalue weighted by Crippen LogP contribution is 2.19. The van der Waals surface area contributed by atoms with E-state index < -0.39 is 6.10 Å². The van der Waals surface area contributed by atoms with Gasteiger partial charge in [0.25, 0.3) is 0 Å². The Morgan fingerprint density at radius 1 is 1.73 bits per heavy atom. The van der Waals surface area contributed by atoms with Crippen LogP contribution in [0.2, 0.25) is 0 Å². The molecular formula is C7H9NO3. The zero-order valence-corrected chi connectivity index (χ0v) is 5.93. The molecule has 2 aliphatic rings. The minimum Gasteiger partial charge on any atom is -0.447 e. The molecule has 2 aliphatic heterocycles. The highest BCUT2D eigenvalue weighted by Gasteiger charge is 2.37. The maximum absolute atomic E-state index is 10.9. The second-order valence-electron chi connectivity index (χ2n) is 2.72. The molecule has 0 aliphatic carbocycles. The van der Waals surface area contributed by atoms with E-state index in [0.29, 0.717) is 13.2 Å². The van der Waals surface area contributed by atoms with Gasteiger partial charge in [0, 0.05) is 6.54 Å². The molecule has 60 valence electrons. The Balaban J connectivity index is 2.21. The summed E-state index contributed by atoms with van der Waals surface area (Å²) in [6.45, 7) is 0.866. The molecular weight excluding hydrogens is 146 g/mol. The number of carbonyl (C=O) groups excluding carboxylic acids is 1. The van der Waals surface area contributed by atoms with E-state index in [4.69, 9.17) is 4.74 Å². The largest absolute Gasteiger partial charge is 0.447 e. The summed E-state index contributed by atoms with van der Waals surface area (Å²) in [4.78, 5) is 12.4. The zero-order valence-electron chi connectivity index (χ0n) is 5.93. The fourth-order valence-electron chi connectivity index (χ4n) is 1.40. The first-order chi connectivity index (χ1) is 5.29. The first kappa shape index (κ1) is 6.67. The Bertz CT molecular complexity index is 214. The van der Waals surface area contributed by atoms with Gasteiger partial charge >= 0.3 is 6.09 Å². The zero-order chi connectivity index (χ0) is 7.84. The number of hydrogen-bond acceptors (Lipinski definition) is 3. The third-order valence-corrected chi connectivity index (χ3v) is 2.04. The van der Waals surface area contributed by atoms with Crippen molar-refractivity contribution < 1.29 is 14.6 Å². The molecule has 2 atom stereocenters. The van der Waals surface area contributed by atoms with Crippen molar-refractivity contribution in [3.05, 3.63) is 12.2 Å². The van der Waals surface area contributed by atoms with E-state index in [9.17, 15) is 9.90 Å². The van der Waals surface area contributed by atoms with Gasteiger partial charge in [0.05, 0.1) is 12.1 Å². The van der Waals surface area contributed by atoms with Gasteiger partial charge in [-0.2, -0.15) is 0 Å². The van der Waals surface area contributed by atoms with Crippen LogP contribution >= 0.6 is 0 Å². The number of carbonyl (C=O) groups is 1. The molecule has 11 heavy (non-hydrogen) atoms. The Morgan fingerprint density at radius 2 is 2.55 bits per heavy atom. The fraction of sp³-hybridized carbons (Fsp3) is 0.571. The van der Waals surface area contributed by atoms with Gasteiger partial charge in [0.1, 0.15) is 6.61 Å². The second-order valence-corrected chi connectivity index (χ2v) is 2.72. The molecule has 4 heteroatoms. The molecule has 0 aromatic rings. The van der Waals surface area contributed by atoms with Crippen LogP contribution in [-0.2, 0) is 4.74 Å². The van der Waals surface area contributed by atoms with Gasteiger partial charge in [-0.15, -0.1) is 0 Å². The molecule has 0 spiro atoms. The smallest absolute Gasteiger partial charge is 0.410 e. The number of hydrogen-bond donors (Lipinski definition) is 1. The van der Waals surface area contributed by atoms with Crippen LogP contribution in [0.5, 0.6) is 0 Å². The lowest BCUT2D eigenvalue weighted by Crippen LogP contribution is -2.43. The van der Waals surface area contributed by atoms with Gasteiger partial charge in [-0.25, -0.2) is 4.79 Å². The number of ether oxygens (including phenoxy) is 1. The summed E-state index contributed by atoms with van der Waals surface area (Å²) >= 11 is 0. The minimum atomic E-state index is -0.560. The summed E-state index contributed by atoms with van der Waals surface area (Å²) < 4.78 is 4.76. The molecule has 1 N–H and O–H groups in total. The van der Waals surface area contributed by atoms with Gasteiger partial charge in [0.15, 0.2) is 0 Å². The van der Waals surface area contributed by atoms with E-state index in [2.05, 4.69) is 0 Å². The third-order valence-electron chi connectivity index (χ3n) is 2.04. The molecule has 0 radical (unpaired) electrons. The lowest BCUT2D eigenvalue weighted by Gasteiger charge is -2.26. The summed E-state index contributed by atoms with van der Waals surface area (Å²) in [5.74, 6) is 0. The highest BCUT2D eigenvalue weighted by atomic mass is 16.6. The van der Waals surface area contributed by atoms with Crippen molar-refractivity contribution in [1.82, 2.24) is 4.90 Å². The monoisotopic (exact) mass is 155 g/mol. The topological polar surface area (TPSA) is 49.8 Å². The molecule has 1 amide bonds. The van der Waals surface area contributed by atoms with Crippen molar-refractivity contribution in [1.29, 1.82) is 0 Å². The first-order valence-corrected chi connectivity index (χ1v) is 3.57. The molecule has 2 heterocycles. The van der Waals surface area contributed by atoms with E-state index in [1.54, 1.807) is 12.2 Å². The summed E-state index contributed by atoms with van der Waals surface area (Å²) in [6, 6.07) is -0.160. The molecule has 0 saturated carbocycles. The number of fused-ring (bicyclic) bond motifs is 1. The average molecular weight is 155 g/mol. The molecule has 2 rings (SSSR count). The van der Waals surface area contributed by atoms with Crippen LogP contribution < -0.4 is 0 Å². The van der Waals surface area contributed by atoms with E-state index in [0.717, 1.165) is 0 Å². The quantitative estimate of drug-likeness (QED) is 0.490. The van der Waals surface area contributed by atoms with Crippen molar-refractivity contribution in [2.75, 3.05) is 13.2 Å². The molecule has 0 bridgehead atoms. The number of rotatable bonds is 0. The standard InChI is InChI=1S/C7H9NO3/c9-6-2-1-3-8-5(6)4-11-7(8)10/h1-2,5-6,9H,3-4H2/t5-,6-/m0/s1. The molecule has 1 saturated heterocycles. The van der Waals surface area contributed by atoms with Crippen LogP contribution in [0.3, 0.4) is 0 Å². The normalized spacial score (nSPS) is 35.4. The molecule has 0 aromatic heterocycles. The van der Waals surface area contributed by atoms with Crippen molar-refractivity contribution in [3.63, 3.8) is 0 Å². The first-order valence-electron chi connectivity index (χ1n) is 3.57. The summed E-state index contributed by atoms with van der Waals surface area (Å²) in [7, 11) is 0. The Labute approximate surface area is 64.1 Å². The van der Waals surface area contributed by atoms with Gasteiger partial charge < -0.3 is 9.84 Å². The van der Waals surface area contributed by atoms with E-state index >= 15 is 0 Å². The van der Waals surface area contributed by atoms with Gasteiger partial charge in [-0.1, -0.05) is 12.2 Å².